The second kappa shape index (κ2) is 10.7. The van der Waals surface area contributed by atoms with Crippen LogP contribution in [0.2, 0.25) is 5.02 Å². The van der Waals surface area contributed by atoms with E-state index in [2.05, 4.69) is 11.9 Å². The van der Waals surface area contributed by atoms with E-state index >= 15 is 0 Å². The molecule has 1 heterocycles. The predicted molar refractivity (Wildman–Crippen MR) is 126 cm³/mol. The fourth-order valence-corrected chi connectivity index (χ4v) is 3.92. The molecule has 170 valence electrons. The summed E-state index contributed by atoms with van der Waals surface area (Å²) in [6, 6.07) is 12.2. The van der Waals surface area contributed by atoms with E-state index in [1.807, 2.05) is 19.1 Å². The minimum atomic E-state index is -3.18. The third-order valence-corrected chi connectivity index (χ3v) is 6.05. The van der Waals surface area contributed by atoms with Crippen LogP contribution in [0.3, 0.4) is 0 Å². The highest BCUT2D eigenvalue weighted by molar-refractivity contribution is 7.75. The zero-order chi connectivity index (χ0) is 23.3. The molecule has 9 heteroatoms. The average Bonchev–Trinajstić information content (AvgIpc) is 3.12. The number of nitrogens with zero attached hydrogens (tertiary/aromatic N) is 3. The number of hydrogen-bond donors (Lipinski definition) is 1. The Bertz CT molecular complexity index is 1160. The standard InChI is InChI=1S/C23H26ClN3O4S/c1-4-5-12-31-20-11-8-18(21(24)13-20)14-26-15-22(25-17(26)3)23(28)27(32(29)30)19-9-6-16(2)7-10-19/h6-11,13,15,32H,4-5,12,14H2,1-3H3. The molecule has 0 N–H and O–H groups in total. The molecule has 3 aromatic rings. The topological polar surface area (TPSA) is 81.5 Å². The number of amides is 1. The SMILES string of the molecule is CCCCOc1ccc(Cn2cc(C(=O)N(c3ccc(C)cc3)[SH](=O)=O)nc2C)c(Cl)c1. The van der Waals surface area contributed by atoms with E-state index in [1.54, 1.807) is 48.0 Å². The normalized spacial score (nSPS) is 11.0. The van der Waals surface area contributed by atoms with Crippen LogP contribution in [0.4, 0.5) is 5.69 Å². The lowest BCUT2D eigenvalue weighted by Crippen LogP contribution is -2.29. The Balaban J connectivity index is 1.81. The lowest BCUT2D eigenvalue weighted by molar-refractivity contribution is 0.100. The molecule has 0 saturated heterocycles. The highest BCUT2D eigenvalue weighted by Gasteiger charge is 2.23. The predicted octanol–water partition coefficient (Wildman–Crippen LogP) is 4.55. The molecule has 32 heavy (non-hydrogen) atoms. The van der Waals surface area contributed by atoms with Crippen molar-refractivity contribution < 1.29 is 17.9 Å². The molecule has 3 rings (SSSR count). The molecule has 0 saturated carbocycles. The van der Waals surface area contributed by atoms with Crippen molar-refractivity contribution in [1.29, 1.82) is 0 Å². The van der Waals surface area contributed by atoms with Gasteiger partial charge in [-0.2, -0.15) is 0 Å². The molecule has 0 unspecified atom stereocenters. The molecule has 0 aliphatic rings. The zero-order valence-electron chi connectivity index (χ0n) is 18.2. The molecule has 1 amide bonds. The molecule has 0 bridgehead atoms. The fraction of sp³-hybridized carbons (Fsp3) is 0.304. The molecule has 0 radical (unpaired) electrons. The highest BCUT2D eigenvalue weighted by Crippen LogP contribution is 2.25. The first kappa shape index (κ1) is 23.8. The van der Waals surface area contributed by atoms with Gasteiger partial charge in [0.1, 0.15) is 17.3 Å². The number of imidazole rings is 1. The minimum Gasteiger partial charge on any atom is -0.494 e. The van der Waals surface area contributed by atoms with Crippen molar-refractivity contribution in [1.82, 2.24) is 9.55 Å². The monoisotopic (exact) mass is 475 g/mol. The lowest BCUT2D eigenvalue weighted by Gasteiger charge is -2.14. The van der Waals surface area contributed by atoms with Gasteiger partial charge in [0.2, 0.25) is 10.9 Å². The van der Waals surface area contributed by atoms with Crippen LogP contribution in [0.15, 0.2) is 48.7 Å². The summed E-state index contributed by atoms with van der Waals surface area (Å²) >= 11 is 6.43. The van der Waals surface area contributed by atoms with Crippen LogP contribution in [-0.4, -0.2) is 30.5 Å². The summed E-state index contributed by atoms with van der Waals surface area (Å²) < 4.78 is 31.8. The highest BCUT2D eigenvalue weighted by atomic mass is 35.5. The Morgan fingerprint density at radius 3 is 2.50 bits per heavy atom. The number of halogens is 1. The number of ether oxygens (including phenoxy) is 1. The summed E-state index contributed by atoms with van der Waals surface area (Å²) in [7, 11) is -3.18. The Kier molecular flexibility index (Phi) is 7.93. The quantitative estimate of drug-likeness (QED) is 0.362. The van der Waals surface area contributed by atoms with Gasteiger partial charge in [0.05, 0.1) is 18.8 Å². The molecule has 2 aromatic carbocycles. The van der Waals surface area contributed by atoms with Gasteiger partial charge in [-0.25, -0.2) is 17.7 Å². The lowest BCUT2D eigenvalue weighted by atomic mass is 10.2. The summed E-state index contributed by atoms with van der Waals surface area (Å²) in [5, 5.41) is 0.545. The summed E-state index contributed by atoms with van der Waals surface area (Å²) in [6.45, 7) is 6.75. The van der Waals surface area contributed by atoms with E-state index < -0.39 is 16.8 Å². The summed E-state index contributed by atoms with van der Waals surface area (Å²) in [6.07, 6.45) is 3.56. The van der Waals surface area contributed by atoms with Crippen LogP contribution in [0.5, 0.6) is 5.75 Å². The molecular formula is C23H26ClN3O4S. The molecule has 1 aromatic heterocycles. The van der Waals surface area contributed by atoms with Crippen LogP contribution >= 0.6 is 11.6 Å². The van der Waals surface area contributed by atoms with Gasteiger partial charge in [-0.15, -0.1) is 0 Å². The number of thiol groups is 1. The van der Waals surface area contributed by atoms with Gasteiger partial charge in [-0.05, 0) is 50.1 Å². The number of hydrogen-bond acceptors (Lipinski definition) is 5. The molecule has 0 fully saturated rings. The first-order valence-corrected chi connectivity index (χ1v) is 11.8. The number of aromatic nitrogens is 2. The number of unbranched alkanes of at least 4 members (excludes halogenated alkanes) is 1. The van der Waals surface area contributed by atoms with Crippen LogP contribution in [0.1, 0.15) is 47.2 Å². The Morgan fingerprint density at radius 1 is 1.16 bits per heavy atom. The third-order valence-electron chi connectivity index (χ3n) is 4.96. The number of anilines is 1. The Labute approximate surface area is 194 Å². The van der Waals surface area contributed by atoms with Gasteiger partial charge in [0, 0.05) is 11.2 Å². The maximum Gasteiger partial charge on any atom is 0.292 e. The molecular weight excluding hydrogens is 450 g/mol. The second-order valence-electron chi connectivity index (χ2n) is 7.45. The first-order chi connectivity index (χ1) is 15.3. The van der Waals surface area contributed by atoms with Crippen molar-refractivity contribution in [3.05, 3.63) is 76.3 Å². The van der Waals surface area contributed by atoms with Gasteiger partial charge >= 0.3 is 0 Å². The van der Waals surface area contributed by atoms with Crippen molar-refractivity contribution in [2.24, 2.45) is 0 Å². The van der Waals surface area contributed by atoms with E-state index in [0.717, 1.165) is 28.3 Å². The van der Waals surface area contributed by atoms with E-state index in [0.29, 0.717) is 29.7 Å². The zero-order valence-corrected chi connectivity index (χ0v) is 19.9. The molecule has 0 aliphatic heterocycles. The maximum atomic E-state index is 13.0. The van der Waals surface area contributed by atoms with Crippen molar-refractivity contribution in [3.8, 4) is 5.75 Å². The van der Waals surface area contributed by atoms with Gasteiger partial charge in [0.15, 0.2) is 0 Å². The molecule has 0 aliphatic carbocycles. The number of benzene rings is 2. The van der Waals surface area contributed by atoms with Crippen LogP contribution in [0, 0.1) is 13.8 Å². The van der Waals surface area contributed by atoms with Crippen molar-refractivity contribution in [3.63, 3.8) is 0 Å². The van der Waals surface area contributed by atoms with Crippen LogP contribution in [0.25, 0.3) is 0 Å². The van der Waals surface area contributed by atoms with Crippen molar-refractivity contribution >= 4 is 34.1 Å². The molecule has 7 nitrogen and oxygen atoms in total. The van der Waals surface area contributed by atoms with E-state index in [1.165, 1.54) is 0 Å². The summed E-state index contributed by atoms with van der Waals surface area (Å²) in [5.74, 6) is 0.564. The van der Waals surface area contributed by atoms with E-state index in [9.17, 15) is 13.2 Å². The minimum absolute atomic E-state index is 0.0397. The van der Waals surface area contributed by atoms with Crippen molar-refractivity contribution in [2.75, 3.05) is 10.9 Å². The number of carbonyl (C=O) groups is 1. The van der Waals surface area contributed by atoms with Crippen LogP contribution in [-0.2, 0) is 17.4 Å². The Morgan fingerprint density at radius 2 is 1.88 bits per heavy atom. The largest absolute Gasteiger partial charge is 0.494 e. The molecule has 0 spiro atoms. The van der Waals surface area contributed by atoms with Gasteiger partial charge < -0.3 is 9.30 Å². The smallest absolute Gasteiger partial charge is 0.292 e. The first-order valence-electron chi connectivity index (χ1n) is 10.3. The van der Waals surface area contributed by atoms with Gasteiger partial charge in [0.25, 0.3) is 5.91 Å². The fourth-order valence-electron chi connectivity index (χ4n) is 3.12. The summed E-state index contributed by atoms with van der Waals surface area (Å²) in [4.78, 5) is 17.2. The van der Waals surface area contributed by atoms with Gasteiger partial charge in [-0.3, -0.25) is 4.79 Å². The second-order valence-corrected chi connectivity index (χ2v) is 8.73. The number of aryl methyl sites for hydroxylation is 2. The third kappa shape index (κ3) is 5.69. The molecule has 0 atom stereocenters. The van der Waals surface area contributed by atoms with Crippen molar-refractivity contribution in [2.45, 2.75) is 40.2 Å². The average molecular weight is 476 g/mol. The number of carbonyl (C=O) groups excluding carboxylic acids is 1. The van der Waals surface area contributed by atoms with Crippen LogP contribution < -0.4 is 9.04 Å². The number of rotatable bonds is 9. The van der Waals surface area contributed by atoms with E-state index in [-0.39, 0.29) is 11.4 Å². The maximum absolute atomic E-state index is 13.0. The van der Waals surface area contributed by atoms with E-state index in [4.69, 9.17) is 16.3 Å². The summed E-state index contributed by atoms with van der Waals surface area (Å²) in [5.41, 5.74) is 2.10. The van der Waals surface area contributed by atoms with Gasteiger partial charge in [-0.1, -0.05) is 48.7 Å². The Hall–Kier alpha value is -2.84.